The van der Waals surface area contributed by atoms with E-state index in [2.05, 4.69) is 20.7 Å². The maximum absolute atomic E-state index is 9.36. The van der Waals surface area contributed by atoms with Gasteiger partial charge in [0.15, 0.2) is 0 Å². The van der Waals surface area contributed by atoms with Crippen molar-refractivity contribution < 1.29 is 5.11 Å². The van der Waals surface area contributed by atoms with Gasteiger partial charge in [-0.3, -0.25) is 5.43 Å². The fraction of sp³-hybridized carbons (Fsp3) is 0.455. The molecule has 5 N–H and O–H groups in total. The van der Waals surface area contributed by atoms with Crippen molar-refractivity contribution in [3.63, 3.8) is 0 Å². The van der Waals surface area contributed by atoms with Gasteiger partial charge in [-0.05, 0) is 17.4 Å². The number of rotatable bonds is 5. The number of hydrazine groups is 1. The number of nitrogens with zero attached hydrogens (tertiary/aromatic N) is 2. The molecule has 7 heteroatoms. The molecule has 0 fully saturated rings. The third-order valence-corrected chi connectivity index (χ3v) is 3.58. The van der Waals surface area contributed by atoms with Crippen LogP contribution in [0.25, 0.3) is 10.2 Å². The highest BCUT2D eigenvalue weighted by Crippen LogP contribution is 2.27. The Bertz CT molecular complexity index is 527. The Hall–Kier alpha value is -1.44. The van der Waals surface area contributed by atoms with E-state index in [-0.39, 0.29) is 12.6 Å². The third-order valence-electron chi connectivity index (χ3n) is 2.78. The topological polar surface area (TPSA) is 96.1 Å². The summed E-state index contributed by atoms with van der Waals surface area (Å²) in [7, 11) is 0. The molecule has 0 aromatic carbocycles. The van der Waals surface area contributed by atoms with E-state index in [0.29, 0.717) is 17.7 Å². The molecule has 2 aromatic rings. The van der Waals surface area contributed by atoms with Crippen LogP contribution in [0.5, 0.6) is 0 Å². The van der Waals surface area contributed by atoms with Crippen LogP contribution in [0.3, 0.4) is 0 Å². The minimum atomic E-state index is -0.0476. The summed E-state index contributed by atoms with van der Waals surface area (Å²) in [5, 5.41) is 15.5. The number of nitrogen functional groups attached to an aromatic ring is 1. The monoisotopic (exact) mass is 267 g/mol. The van der Waals surface area contributed by atoms with Crippen molar-refractivity contribution in [1.82, 2.24) is 9.97 Å². The van der Waals surface area contributed by atoms with Gasteiger partial charge in [0.25, 0.3) is 0 Å². The Balaban J connectivity index is 2.39. The summed E-state index contributed by atoms with van der Waals surface area (Å²) in [5.41, 5.74) is 2.45. The van der Waals surface area contributed by atoms with Crippen LogP contribution in [-0.4, -0.2) is 27.7 Å². The average molecular weight is 267 g/mol. The Labute approximate surface area is 109 Å². The van der Waals surface area contributed by atoms with E-state index >= 15 is 0 Å². The Kier molecular flexibility index (Phi) is 3.95. The maximum atomic E-state index is 9.36. The second-order valence-electron chi connectivity index (χ2n) is 4.36. The van der Waals surface area contributed by atoms with E-state index < -0.39 is 0 Å². The number of nitrogens with one attached hydrogen (secondary N) is 2. The number of aliphatic hydroxyl groups excluding tert-OH is 1. The van der Waals surface area contributed by atoms with Gasteiger partial charge in [-0.2, -0.15) is 4.98 Å². The van der Waals surface area contributed by atoms with Crippen molar-refractivity contribution in [3.05, 3.63) is 11.4 Å². The zero-order valence-electron chi connectivity index (χ0n) is 10.3. The molecule has 0 saturated heterocycles. The SMILES string of the molecule is CC(C)C(CO)Nc1nc(NN)nc2sccc12. The van der Waals surface area contributed by atoms with E-state index in [9.17, 15) is 5.11 Å². The predicted molar refractivity (Wildman–Crippen MR) is 74.6 cm³/mol. The molecule has 1 atom stereocenters. The molecule has 0 aliphatic rings. The first-order valence-electron chi connectivity index (χ1n) is 5.75. The van der Waals surface area contributed by atoms with Crippen LogP contribution in [0, 0.1) is 5.92 Å². The van der Waals surface area contributed by atoms with Crippen LogP contribution >= 0.6 is 11.3 Å². The number of hydrogen-bond donors (Lipinski definition) is 4. The summed E-state index contributed by atoms with van der Waals surface area (Å²) in [5.74, 6) is 6.72. The third kappa shape index (κ3) is 2.53. The molecule has 0 aliphatic heterocycles. The van der Waals surface area contributed by atoms with Crippen molar-refractivity contribution in [3.8, 4) is 0 Å². The standard InChI is InChI=1S/C11H17N5OS/c1-6(2)8(5-17)13-9-7-3-4-18-10(7)15-11(14-9)16-12/h3-4,6,8,17H,5,12H2,1-2H3,(H2,13,14,15,16). The predicted octanol–water partition coefficient (Wildman–Crippen LogP) is 1.41. The molecule has 98 valence electrons. The van der Waals surface area contributed by atoms with Crippen LogP contribution in [0.2, 0.25) is 0 Å². The highest BCUT2D eigenvalue weighted by Gasteiger charge is 2.15. The summed E-state index contributed by atoms with van der Waals surface area (Å²) in [4.78, 5) is 9.42. The lowest BCUT2D eigenvalue weighted by atomic mass is 10.1. The summed E-state index contributed by atoms with van der Waals surface area (Å²) in [6.07, 6.45) is 0. The quantitative estimate of drug-likeness (QED) is 0.483. The van der Waals surface area contributed by atoms with Gasteiger partial charge in [0.1, 0.15) is 10.6 Å². The normalized spacial score (nSPS) is 12.9. The fourth-order valence-corrected chi connectivity index (χ4v) is 2.39. The summed E-state index contributed by atoms with van der Waals surface area (Å²) in [6.45, 7) is 4.14. The molecule has 6 nitrogen and oxygen atoms in total. The van der Waals surface area contributed by atoms with Crippen LogP contribution in [0.4, 0.5) is 11.8 Å². The van der Waals surface area contributed by atoms with E-state index in [0.717, 1.165) is 10.2 Å². The van der Waals surface area contributed by atoms with Crippen molar-refractivity contribution in [2.45, 2.75) is 19.9 Å². The molecular formula is C11H17N5OS. The van der Waals surface area contributed by atoms with Gasteiger partial charge in [-0.15, -0.1) is 11.3 Å². The summed E-state index contributed by atoms with van der Waals surface area (Å²) in [6, 6.07) is 1.91. The zero-order chi connectivity index (χ0) is 13.1. The van der Waals surface area contributed by atoms with Gasteiger partial charge >= 0.3 is 0 Å². The minimum absolute atomic E-state index is 0.0476. The molecule has 0 bridgehead atoms. The van der Waals surface area contributed by atoms with Gasteiger partial charge in [-0.25, -0.2) is 10.8 Å². The molecular weight excluding hydrogens is 250 g/mol. The Morgan fingerprint density at radius 3 is 2.83 bits per heavy atom. The molecule has 2 rings (SSSR count). The first kappa shape index (κ1) is 13.0. The van der Waals surface area contributed by atoms with Crippen molar-refractivity contribution in [2.24, 2.45) is 11.8 Å². The molecule has 0 radical (unpaired) electrons. The van der Waals surface area contributed by atoms with E-state index in [4.69, 9.17) is 5.84 Å². The highest BCUT2D eigenvalue weighted by atomic mass is 32.1. The molecule has 2 aromatic heterocycles. The second kappa shape index (κ2) is 5.47. The Morgan fingerprint density at radius 2 is 2.22 bits per heavy atom. The fourth-order valence-electron chi connectivity index (χ4n) is 1.63. The number of nitrogens with two attached hydrogens (primary N) is 1. The first-order valence-corrected chi connectivity index (χ1v) is 6.63. The molecule has 1 unspecified atom stereocenters. The lowest BCUT2D eigenvalue weighted by Gasteiger charge is -2.21. The van der Waals surface area contributed by atoms with Gasteiger partial charge in [0.2, 0.25) is 5.95 Å². The number of aromatic nitrogens is 2. The molecule has 0 amide bonds. The molecule has 18 heavy (non-hydrogen) atoms. The summed E-state index contributed by atoms with van der Waals surface area (Å²) >= 11 is 1.52. The number of fused-ring (bicyclic) bond motifs is 1. The number of aliphatic hydroxyl groups is 1. The largest absolute Gasteiger partial charge is 0.394 e. The molecule has 0 spiro atoms. The van der Waals surface area contributed by atoms with E-state index in [1.807, 2.05) is 25.3 Å². The lowest BCUT2D eigenvalue weighted by Crippen LogP contribution is -2.30. The van der Waals surface area contributed by atoms with Crippen LogP contribution in [-0.2, 0) is 0 Å². The van der Waals surface area contributed by atoms with Crippen LogP contribution < -0.4 is 16.6 Å². The highest BCUT2D eigenvalue weighted by molar-refractivity contribution is 7.16. The van der Waals surface area contributed by atoms with Crippen molar-refractivity contribution in [1.29, 1.82) is 0 Å². The van der Waals surface area contributed by atoms with Gasteiger partial charge < -0.3 is 10.4 Å². The smallest absolute Gasteiger partial charge is 0.240 e. The lowest BCUT2D eigenvalue weighted by molar-refractivity contribution is 0.249. The second-order valence-corrected chi connectivity index (χ2v) is 5.25. The van der Waals surface area contributed by atoms with E-state index in [1.165, 1.54) is 11.3 Å². The number of hydrogen-bond acceptors (Lipinski definition) is 7. The zero-order valence-corrected chi connectivity index (χ0v) is 11.2. The maximum Gasteiger partial charge on any atom is 0.240 e. The molecule has 0 aliphatic carbocycles. The number of anilines is 2. The molecule has 2 heterocycles. The Morgan fingerprint density at radius 1 is 1.44 bits per heavy atom. The first-order chi connectivity index (χ1) is 8.65. The molecule has 0 saturated carbocycles. The van der Waals surface area contributed by atoms with E-state index in [1.54, 1.807) is 0 Å². The van der Waals surface area contributed by atoms with Gasteiger partial charge in [0.05, 0.1) is 18.0 Å². The van der Waals surface area contributed by atoms with Crippen molar-refractivity contribution >= 4 is 33.3 Å². The van der Waals surface area contributed by atoms with Crippen molar-refractivity contribution in [2.75, 3.05) is 17.3 Å². The van der Waals surface area contributed by atoms with Gasteiger partial charge in [0, 0.05) is 0 Å². The van der Waals surface area contributed by atoms with Crippen LogP contribution in [0.15, 0.2) is 11.4 Å². The average Bonchev–Trinajstić information content (AvgIpc) is 2.83. The minimum Gasteiger partial charge on any atom is -0.394 e. The van der Waals surface area contributed by atoms with Crippen LogP contribution in [0.1, 0.15) is 13.8 Å². The van der Waals surface area contributed by atoms with Gasteiger partial charge in [-0.1, -0.05) is 13.8 Å². The summed E-state index contributed by atoms with van der Waals surface area (Å²) < 4.78 is 0. The number of thiophene rings is 1.